The monoisotopic (exact) mass is 278 g/mol. The van der Waals surface area contributed by atoms with Gasteiger partial charge in [-0.2, -0.15) is 0 Å². The average molecular weight is 278 g/mol. The number of amides is 1. The van der Waals surface area contributed by atoms with Crippen molar-refractivity contribution >= 4 is 12.1 Å². The number of nitrogens with two attached hydrogens (primary N) is 1. The lowest BCUT2D eigenvalue weighted by Crippen LogP contribution is -2.57. The SMILES string of the molecule is CN1CC2(CCC1=O)CCN(C1CC=NCC1N)CC2. The number of nitrogens with zero attached hydrogens (tertiary/aromatic N) is 3. The van der Waals surface area contributed by atoms with Crippen molar-refractivity contribution in [3.8, 4) is 0 Å². The van der Waals surface area contributed by atoms with Crippen molar-refractivity contribution in [3.05, 3.63) is 0 Å². The van der Waals surface area contributed by atoms with Gasteiger partial charge >= 0.3 is 0 Å². The van der Waals surface area contributed by atoms with Crippen molar-refractivity contribution in [2.45, 2.75) is 44.2 Å². The van der Waals surface area contributed by atoms with Gasteiger partial charge in [0, 0.05) is 38.3 Å². The first-order valence-corrected chi connectivity index (χ1v) is 7.82. The summed E-state index contributed by atoms with van der Waals surface area (Å²) in [6.45, 7) is 3.95. The lowest BCUT2D eigenvalue weighted by atomic mass is 9.72. The molecule has 2 unspecified atom stereocenters. The highest BCUT2D eigenvalue weighted by Crippen LogP contribution is 2.40. The number of carbonyl (C=O) groups excluding carboxylic acids is 1. The molecule has 5 nitrogen and oxygen atoms in total. The van der Waals surface area contributed by atoms with Crippen LogP contribution in [0, 0.1) is 5.41 Å². The Balaban J connectivity index is 1.59. The minimum absolute atomic E-state index is 0.185. The van der Waals surface area contributed by atoms with E-state index >= 15 is 0 Å². The number of hydrogen-bond acceptors (Lipinski definition) is 4. The van der Waals surface area contributed by atoms with Crippen LogP contribution >= 0.6 is 0 Å². The van der Waals surface area contributed by atoms with Gasteiger partial charge in [0.05, 0.1) is 6.54 Å². The maximum atomic E-state index is 11.7. The lowest BCUT2D eigenvalue weighted by Gasteiger charge is -2.49. The molecule has 0 aromatic heterocycles. The molecule has 3 rings (SSSR count). The molecule has 0 radical (unpaired) electrons. The molecule has 0 aliphatic carbocycles. The van der Waals surface area contributed by atoms with Gasteiger partial charge in [-0.3, -0.25) is 14.7 Å². The zero-order chi connectivity index (χ0) is 14.2. The first-order valence-electron chi connectivity index (χ1n) is 7.82. The van der Waals surface area contributed by atoms with Crippen molar-refractivity contribution < 1.29 is 4.79 Å². The zero-order valence-corrected chi connectivity index (χ0v) is 12.4. The van der Waals surface area contributed by atoms with Gasteiger partial charge in [-0.15, -0.1) is 0 Å². The molecular weight excluding hydrogens is 252 g/mol. The summed E-state index contributed by atoms with van der Waals surface area (Å²) >= 11 is 0. The molecule has 3 aliphatic heterocycles. The fourth-order valence-corrected chi connectivity index (χ4v) is 4.07. The molecule has 0 aromatic carbocycles. The van der Waals surface area contributed by atoms with Gasteiger partial charge in [0.1, 0.15) is 0 Å². The first kappa shape index (κ1) is 14.0. The van der Waals surface area contributed by atoms with Crippen molar-refractivity contribution in [1.29, 1.82) is 0 Å². The first-order chi connectivity index (χ1) is 9.60. The quantitative estimate of drug-likeness (QED) is 0.759. The van der Waals surface area contributed by atoms with Gasteiger partial charge < -0.3 is 10.6 Å². The largest absolute Gasteiger partial charge is 0.345 e. The molecule has 2 fully saturated rings. The highest BCUT2D eigenvalue weighted by Gasteiger charge is 2.41. The maximum absolute atomic E-state index is 11.7. The van der Waals surface area contributed by atoms with E-state index < -0.39 is 0 Å². The van der Waals surface area contributed by atoms with Crippen LogP contribution in [0.3, 0.4) is 0 Å². The smallest absolute Gasteiger partial charge is 0.222 e. The normalized spacial score (nSPS) is 34.7. The summed E-state index contributed by atoms with van der Waals surface area (Å²) in [5, 5.41) is 0. The van der Waals surface area contributed by atoms with Gasteiger partial charge in [-0.25, -0.2) is 0 Å². The molecule has 1 spiro atoms. The van der Waals surface area contributed by atoms with Crippen LogP contribution in [-0.4, -0.2) is 67.2 Å². The van der Waals surface area contributed by atoms with E-state index in [0.29, 0.717) is 17.4 Å². The molecule has 5 heteroatoms. The Hall–Kier alpha value is -0.940. The van der Waals surface area contributed by atoms with Crippen LogP contribution in [0.25, 0.3) is 0 Å². The Kier molecular flexibility index (Phi) is 3.82. The van der Waals surface area contributed by atoms with E-state index in [1.165, 1.54) is 12.8 Å². The zero-order valence-electron chi connectivity index (χ0n) is 12.4. The van der Waals surface area contributed by atoms with Crippen molar-refractivity contribution in [2.24, 2.45) is 16.1 Å². The third-order valence-corrected chi connectivity index (χ3v) is 5.48. The van der Waals surface area contributed by atoms with Crippen LogP contribution in [0.4, 0.5) is 0 Å². The molecule has 3 heterocycles. The van der Waals surface area contributed by atoms with E-state index in [1.807, 2.05) is 18.2 Å². The topological polar surface area (TPSA) is 61.9 Å². The molecular formula is C15H26N4O. The number of hydrogen-bond donors (Lipinski definition) is 1. The molecule has 112 valence electrons. The molecule has 0 aromatic rings. The fraction of sp³-hybridized carbons (Fsp3) is 0.867. The molecule has 3 aliphatic rings. The molecule has 0 saturated carbocycles. The van der Waals surface area contributed by atoms with Gasteiger partial charge in [-0.1, -0.05) is 0 Å². The molecule has 1 amide bonds. The molecule has 0 bridgehead atoms. The third kappa shape index (κ3) is 2.61. The number of aliphatic imine (C=N–C) groups is 1. The van der Waals surface area contributed by atoms with E-state index in [-0.39, 0.29) is 6.04 Å². The second-order valence-corrected chi connectivity index (χ2v) is 6.80. The highest BCUT2D eigenvalue weighted by molar-refractivity contribution is 5.76. The predicted octanol–water partition coefficient (Wildman–Crippen LogP) is 0.491. The number of likely N-dealkylation sites (tertiary alicyclic amines) is 2. The van der Waals surface area contributed by atoms with Crippen molar-refractivity contribution in [1.82, 2.24) is 9.80 Å². The standard InChI is InChI=1S/C15H26N4O/c1-18-11-15(4-2-14(18)20)5-8-19(9-6-15)13-3-7-17-10-12(13)16/h7,12-13H,2-6,8-11,16H2,1H3. The molecule has 2 saturated heterocycles. The predicted molar refractivity (Wildman–Crippen MR) is 79.9 cm³/mol. The van der Waals surface area contributed by atoms with Crippen molar-refractivity contribution in [3.63, 3.8) is 0 Å². The van der Waals surface area contributed by atoms with E-state index in [4.69, 9.17) is 5.73 Å². The van der Waals surface area contributed by atoms with Crippen LogP contribution in [-0.2, 0) is 4.79 Å². The maximum Gasteiger partial charge on any atom is 0.222 e. The summed E-state index contributed by atoms with van der Waals surface area (Å²) in [5.41, 5.74) is 6.58. The fourth-order valence-electron chi connectivity index (χ4n) is 4.07. The summed E-state index contributed by atoms with van der Waals surface area (Å²) in [4.78, 5) is 20.4. The van der Waals surface area contributed by atoms with Crippen LogP contribution in [0.1, 0.15) is 32.1 Å². The highest BCUT2D eigenvalue weighted by atomic mass is 16.2. The van der Waals surface area contributed by atoms with Crippen LogP contribution in [0.2, 0.25) is 0 Å². The van der Waals surface area contributed by atoms with Crippen LogP contribution in [0.5, 0.6) is 0 Å². The summed E-state index contributed by atoms with van der Waals surface area (Å²) in [5.74, 6) is 0.309. The minimum Gasteiger partial charge on any atom is -0.345 e. The number of carbonyl (C=O) groups is 1. The Morgan fingerprint density at radius 2 is 2.10 bits per heavy atom. The van der Waals surface area contributed by atoms with E-state index in [0.717, 1.165) is 45.4 Å². The van der Waals surface area contributed by atoms with Gasteiger partial charge in [0.2, 0.25) is 5.91 Å². The summed E-state index contributed by atoms with van der Waals surface area (Å²) in [6.07, 6.45) is 7.22. The van der Waals surface area contributed by atoms with Crippen LogP contribution < -0.4 is 5.73 Å². The third-order valence-electron chi connectivity index (χ3n) is 5.48. The second-order valence-electron chi connectivity index (χ2n) is 6.80. The van der Waals surface area contributed by atoms with Gasteiger partial charge in [0.15, 0.2) is 0 Å². The lowest BCUT2D eigenvalue weighted by molar-refractivity contribution is -0.137. The Morgan fingerprint density at radius 1 is 1.35 bits per heavy atom. The number of piperidine rings is 2. The van der Waals surface area contributed by atoms with Gasteiger partial charge in [0.25, 0.3) is 0 Å². The molecule has 20 heavy (non-hydrogen) atoms. The Bertz CT molecular complexity index is 401. The van der Waals surface area contributed by atoms with Crippen LogP contribution in [0.15, 0.2) is 4.99 Å². The molecule has 2 atom stereocenters. The van der Waals surface area contributed by atoms with E-state index in [9.17, 15) is 4.79 Å². The summed E-state index contributed by atoms with van der Waals surface area (Å²) in [7, 11) is 1.95. The Morgan fingerprint density at radius 3 is 2.75 bits per heavy atom. The van der Waals surface area contributed by atoms with Crippen molar-refractivity contribution in [2.75, 3.05) is 33.2 Å². The Labute approximate surface area is 121 Å². The average Bonchev–Trinajstić information content (AvgIpc) is 2.45. The summed E-state index contributed by atoms with van der Waals surface area (Å²) < 4.78 is 0. The van der Waals surface area contributed by atoms with E-state index in [1.54, 1.807) is 0 Å². The molecule has 2 N–H and O–H groups in total. The summed E-state index contributed by atoms with van der Waals surface area (Å²) in [6, 6.07) is 0.650. The second kappa shape index (κ2) is 5.45. The van der Waals surface area contributed by atoms with E-state index in [2.05, 4.69) is 9.89 Å². The number of rotatable bonds is 1. The minimum atomic E-state index is 0.185. The van der Waals surface area contributed by atoms with Gasteiger partial charge in [-0.05, 0) is 44.2 Å².